The van der Waals surface area contributed by atoms with E-state index in [1.54, 1.807) is 12.1 Å². The van der Waals surface area contributed by atoms with E-state index in [2.05, 4.69) is 16.8 Å². The van der Waals surface area contributed by atoms with Crippen LogP contribution in [0.2, 0.25) is 0 Å². The van der Waals surface area contributed by atoms with Crippen LogP contribution in [0.15, 0.2) is 82.4 Å². The predicted octanol–water partition coefficient (Wildman–Crippen LogP) is 3.26. The average Bonchev–Trinajstić information content (AvgIpc) is 2.73. The summed E-state index contributed by atoms with van der Waals surface area (Å²) in [6.45, 7) is 2.11. The van der Waals surface area contributed by atoms with Gasteiger partial charge in [0.1, 0.15) is 0 Å². The summed E-state index contributed by atoms with van der Waals surface area (Å²) in [5.74, 6) is 6.33. The van der Waals surface area contributed by atoms with Crippen LogP contribution in [-0.4, -0.2) is 4.57 Å². The molecule has 0 aliphatic heterocycles. The topological polar surface area (TPSA) is 53.2 Å². The van der Waals surface area contributed by atoms with E-state index < -0.39 is 5.69 Å². The maximum absolute atomic E-state index is 13.0. The maximum Gasteiger partial charge on any atom is 0.181 e. The van der Waals surface area contributed by atoms with Crippen LogP contribution in [0, 0.1) is 18.8 Å². The molecule has 0 aliphatic carbocycles. The molecule has 0 unspecified atom stereocenters. The second kappa shape index (κ2) is 11.2. The monoisotopic (exact) mass is 747 g/mol. The van der Waals surface area contributed by atoms with Gasteiger partial charge in [0.05, 0.1) is 0 Å². The summed E-state index contributed by atoms with van der Waals surface area (Å²) in [5.41, 5.74) is 3.23. The van der Waals surface area contributed by atoms with Gasteiger partial charge in [-0.15, -0.1) is 0 Å². The Hall–Kier alpha value is -2.46. The van der Waals surface area contributed by atoms with Crippen LogP contribution in [0.4, 0.5) is 0 Å². The van der Waals surface area contributed by atoms with Gasteiger partial charge in [0.2, 0.25) is 0 Å². The maximum atomic E-state index is 13.0. The van der Waals surface area contributed by atoms with E-state index in [0.717, 1.165) is 22.3 Å². The Bertz CT molecular complexity index is 1350. The third kappa shape index (κ3) is 5.82. The van der Waals surface area contributed by atoms with Crippen molar-refractivity contribution in [1.29, 1.82) is 0 Å². The fraction of sp³-hybridized carbons (Fsp3) is 0.120. The summed E-state index contributed by atoms with van der Waals surface area (Å²) in [4.78, 5) is 29.5. The van der Waals surface area contributed by atoms with E-state index >= 15 is 0 Å². The van der Waals surface area contributed by atoms with Gasteiger partial charge in [-0.2, -0.15) is 0 Å². The van der Waals surface area contributed by atoms with Crippen LogP contribution in [0.3, 0.4) is 0 Å². The molecule has 0 atom stereocenters. The van der Waals surface area contributed by atoms with E-state index in [0.29, 0.717) is 17.3 Å². The van der Waals surface area contributed by atoms with Crippen LogP contribution in [0.5, 0.6) is 0 Å². The van der Waals surface area contributed by atoms with Crippen molar-refractivity contribution in [3.63, 3.8) is 0 Å². The van der Waals surface area contributed by atoms with Gasteiger partial charge in [-0.1, -0.05) is 78.6 Å². The minimum absolute atomic E-state index is 0. The number of nitrogens with zero attached hydrogens (tertiary/aromatic N) is 2. The number of hydrogen-bond donors (Lipinski definition) is 0. The second-order valence-corrected chi connectivity index (χ2v) is 6.92. The second-order valence-electron chi connectivity index (χ2n) is 6.92. The molecule has 0 radical (unpaired) electrons. The van der Waals surface area contributed by atoms with Gasteiger partial charge in [0.15, 0.2) is 11.2 Å². The van der Waals surface area contributed by atoms with Gasteiger partial charge < -0.3 is 9.55 Å². The summed E-state index contributed by atoms with van der Waals surface area (Å²) >= 11 is 0. The number of aryl methyl sites for hydroxylation is 1. The zero-order valence-corrected chi connectivity index (χ0v) is 22.7. The van der Waals surface area contributed by atoms with Crippen LogP contribution in [-0.2, 0) is 55.1 Å². The Balaban J connectivity index is 0.00000171. The van der Waals surface area contributed by atoms with Crippen molar-refractivity contribution in [3.8, 4) is 11.8 Å². The number of benzene rings is 3. The SMILES string of the molecule is Cc1cc2[n-]c(=O)n(Cc3ccccc3)c(=O)c2cc1C#CCc1ccccc1.[W].[W]. The molecule has 0 N–H and O–H groups in total. The Morgan fingerprint density at radius 1 is 0.871 bits per heavy atom. The molecule has 4 aromatic rings. The molecule has 154 valence electrons. The first-order valence-corrected chi connectivity index (χ1v) is 9.41. The van der Waals surface area contributed by atoms with E-state index in [1.807, 2.05) is 67.6 Å². The van der Waals surface area contributed by atoms with Crippen molar-refractivity contribution < 1.29 is 42.1 Å². The summed E-state index contributed by atoms with van der Waals surface area (Å²) < 4.78 is 1.17. The van der Waals surface area contributed by atoms with Gasteiger partial charge >= 0.3 is 0 Å². The molecule has 3 aromatic carbocycles. The summed E-state index contributed by atoms with van der Waals surface area (Å²) in [6, 6.07) is 22.9. The fourth-order valence-electron chi connectivity index (χ4n) is 3.23. The summed E-state index contributed by atoms with van der Waals surface area (Å²) in [6.07, 6.45) is 0.633. The number of hydrogen-bond acceptors (Lipinski definition) is 2. The molecule has 0 fully saturated rings. The standard InChI is InChI=1S/C25H20N2O2.2W/c1-18-15-23-22(16-21(18)14-8-13-19-9-4-2-5-10-19)24(28)27(25(29)26-23)17-20-11-6-3-7-12-20;;/h2-7,9-12,15-16H,13,17H2,1H3,(H,26,28,29);;/p-1. The molecular weight excluding hydrogens is 728 g/mol. The predicted molar refractivity (Wildman–Crippen MR) is 115 cm³/mol. The molecule has 4 rings (SSSR count). The Morgan fingerprint density at radius 2 is 1.48 bits per heavy atom. The first-order chi connectivity index (χ1) is 14.1. The third-order valence-corrected chi connectivity index (χ3v) is 4.81. The van der Waals surface area contributed by atoms with E-state index in [4.69, 9.17) is 0 Å². The van der Waals surface area contributed by atoms with E-state index in [9.17, 15) is 9.59 Å². The first-order valence-electron chi connectivity index (χ1n) is 9.41. The zero-order chi connectivity index (χ0) is 20.2. The molecular formula is C25H19N2O2W2-. The number of rotatable bonds is 3. The van der Waals surface area contributed by atoms with E-state index in [-0.39, 0.29) is 54.2 Å². The third-order valence-electron chi connectivity index (χ3n) is 4.81. The Kier molecular flexibility index (Phi) is 8.99. The van der Waals surface area contributed by atoms with E-state index in [1.165, 1.54) is 4.57 Å². The molecule has 1 aromatic heterocycles. The van der Waals surface area contributed by atoms with Crippen molar-refractivity contribution in [3.05, 3.63) is 116 Å². The number of fused-ring (bicyclic) bond motifs is 1. The molecule has 0 amide bonds. The van der Waals surface area contributed by atoms with Crippen LogP contribution < -0.4 is 16.2 Å². The Labute approximate surface area is 209 Å². The normalized spacial score (nSPS) is 9.84. The quantitative estimate of drug-likeness (QED) is 0.303. The molecule has 4 nitrogen and oxygen atoms in total. The van der Waals surface area contributed by atoms with Crippen molar-refractivity contribution in [1.82, 2.24) is 9.55 Å². The molecule has 6 heteroatoms. The molecule has 1 heterocycles. The molecule has 0 bridgehead atoms. The number of aromatic nitrogens is 2. The molecule has 0 spiro atoms. The fourth-order valence-corrected chi connectivity index (χ4v) is 3.23. The smallest absolute Gasteiger partial charge is 0.181 e. The minimum atomic E-state index is -0.534. The van der Waals surface area contributed by atoms with Crippen LogP contribution in [0.25, 0.3) is 10.9 Å². The van der Waals surface area contributed by atoms with Crippen molar-refractivity contribution >= 4 is 10.9 Å². The Morgan fingerprint density at radius 3 is 2.13 bits per heavy atom. The first kappa shape index (κ1) is 24.8. The van der Waals surface area contributed by atoms with Crippen LogP contribution >= 0.6 is 0 Å². The minimum Gasteiger partial charge on any atom is -0.400 e. The summed E-state index contributed by atoms with van der Waals surface area (Å²) in [7, 11) is 0. The van der Waals surface area contributed by atoms with Gasteiger partial charge in [0.25, 0.3) is 0 Å². The zero-order valence-electron chi connectivity index (χ0n) is 16.9. The van der Waals surface area contributed by atoms with Gasteiger partial charge in [0, 0.05) is 59.5 Å². The van der Waals surface area contributed by atoms with Gasteiger partial charge in [-0.25, -0.2) is 0 Å². The molecule has 0 saturated carbocycles. The molecule has 0 aliphatic rings. The largest absolute Gasteiger partial charge is 0.400 e. The van der Waals surface area contributed by atoms with Gasteiger partial charge in [-0.05, 0) is 41.7 Å². The summed E-state index contributed by atoms with van der Waals surface area (Å²) in [5, 5.41) is 0.412. The molecule has 0 saturated heterocycles. The van der Waals surface area contributed by atoms with Crippen molar-refractivity contribution in [2.75, 3.05) is 0 Å². The average molecular weight is 747 g/mol. The molecule has 31 heavy (non-hydrogen) atoms. The van der Waals surface area contributed by atoms with Crippen molar-refractivity contribution in [2.45, 2.75) is 19.9 Å². The van der Waals surface area contributed by atoms with Crippen molar-refractivity contribution in [2.24, 2.45) is 0 Å². The van der Waals surface area contributed by atoms with Gasteiger partial charge in [-0.3, -0.25) is 9.59 Å². The van der Waals surface area contributed by atoms with Crippen LogP contribution in [0.1, 0.15) is 22.3 Å².